The molecule has 174 valence electrons. The van der Waals surface area contributed by atoms with E-state index in [1.807, 2.05) is 57.4 Å². The molecule has 1 fully saturated rings. The molecule has 3 aromatic carbocycles. The van der Waals surface area contributed by atoms with Crippen LogP contribution in [0.2, 0.25) is 0 Å². The first-order chi connectivity index (χ1) is 16.1. The van der Waals surface area contributed by atoms with Crippen LogP contribution in [0.25, 0.3) is 10.8 Å². The number of carbonyl (C=O) groups is 1. The molecular weight excluding hydrogens is 414 g/mol. The van der Waals surface area contributed by atoms with E-state index in [0.717, 1.165) is 29.5 Å². The Labute approximate surface area is 196 Å². The Bertz CT molecular complexity index is 1080. The minimum absolute atomic E-state index is 0.0691. The second-order valence-electron chi connectivity index (χ2n) is 8.45. The van der Waals surface area contributed by atoms with Crippen molar-refractivity contribution in [2.45, 2.75) is 13.0 Å². The number of rotatable bonds is 8. The Kier molecular flexibility index (Phi) is 7.47. The lowest BCUT2D eigenvalue weighted by Gasteiger charge is -2.35. The summed E-state index contributed by atoms with van der Waals surface area (Å²) in [4.78, 5) is 18.0. The highest BCUT2D eigenvalue weighted by Crippen LogP contribution is 2.29. The number of anilines is 1. The molecule has 0 aliphatic carbocycles. The number of hydrogen-bond donors (Lipinski definition) is 1. The molecule has 1 N–H and O–H groups in total. The van der Waals surface area contributed by atoms with Crippen molar-refractivity contribution >= 4 is 22.4 Å². The van der Waals surface area contributed by atoms with Gasteiger partial charge in [-0.2, -0.15) is 0 Å². The maximum atomic E-state index is 13.5. The third-order valence-electron chi connectivity index (χ3n) is 6.15. The van der Waals surface area contributed by atoms with E-state index in [2.05, 4.69) is 39.4 Å². The van der Waals surface area contributed by atoms with Crippen LogP contribution in [0, 0.1) is 0 Å². The Morgan fingerprint density at radius 1 is 1.06 bits per heavy atom. The van der Waals surface area contributed by atoms with Gasteiger partial charge in [0.25, 0.3) is 5.91 Å². The normalized spacial score (nSPS) is 15.2. The number of nitrogens with zero attached hydrogens (tertiary/aromatic N) is 2. The zero-order valence-corrected chi connectivity index (χ0v) is 19.7. The van der Waals surface area contributed by atoms with Gasteiger partial charge in [-0.3, -0.25) is 9.69 Å². The van der Waals surface area contributed by atoms with Crippen LogP contribution in [0.5, 0.6) is 5.75 Å². The van der Waals surface area contributed by atoms with Crippen LogP contribution in [0.4, 0.5) is 5.69 Å². The standard InChI is InChI=1S/C27H33N3O3/c1-4-33-25-14-11-20-7-5-6-8-23(20)26(25)27(31)28-19-24(30-15-17-32-18-16-30)21-9-12-22(13-10-21)29(2)3/h5-14,24H,4,15-19H2,1-3H3,(H,28,31)/t24-/m1/s1. The monoisotopic (exact) mass is 447 g/mol. The highest BCUT2D eigenvalue weighted by atomic mass is 16.5. The zero-order valence-electron chi connectivity index (χ0n) is 19.7. The highest BCUT2D eigenvalue weighted by molar-refractivity contribution is 6.09. The van der Waals surface area contributed by atoms with E-state index < -0.39 is 0 Å². The molecule has 1 aliphatic heterocycles. The third kappa shape index (κ3) is 5.29. The number of nitrogens with one attached hydrogen (secondary N) is 1. The lowest BCUT2D eigenvalue weighted by molar-refractivity contribution is 0.0162. The van der Waals surface area contributed by atoms with Crippen molar-refractivity contribution in [2.75, 3.05) is 58.5 Å². The molecule has 0 spiro atoms. The van der Waals surface area contributed by atoms with Gasteiger partial charge in [-0.1, -0.05) is 42.5 Å². The summed E-state index contributed by atoms with van der Waals surface area (Å²) in [6.07, 6.45) is 0. The van der Waals surface area contributed by atoms with E-state index in [9.17, 15) is 4.79 Å². The van der Waals surface area contributed by atoms with Crippen molar-refractivity contribution in [1.82, 2.24) is 10.2 Å². The average molecular weight is 448 g/mol. The molecule has 1 atom stereocenters. The van der Waals surface area contributed by atoms with Crippen LogP contribution in [0.15, 0.2) is 60.7 Å². The van der Waals surface area contributed by atoms with Gasteiger partial charge in [-0.05, 0) is 41.5 Å². The van der Waals surface area contributed by atoms with Gasteiger partial charge in [-0.15, -0.1) is 0 Å². The maximum Gasteiger partial charge on any atom is 0.255 e. The summed E-state index contributed by atoms with van der Waals surface area (Å²) >= 11 is 0. The van der Waals surface area contributed by atoms with E-state index in [1.165, 1.54) is 5.56 Å². The summed E-state index contributed by atoms with van der Waals surface area (Å²) in [6, 6.07) is 20.5. The predicted molar refractivity (Wildman–Crippen MR) is 133 cm³/mol. The number of amides is 1. The van der Waals surface area contributed by atoms with Gasteiger partial charge in [0.05, 0.1) is 31.4 Å². The van der Waals surface area contributed by atoms with Crippen LogP contribution in [0.3, 0.4) is 0 Å². The summed E-state index contributed by atoms with van der Waals surface area (Å²) in [5.41, 5.74) is 2.94. The Hall–Kier alpha value is -3.09. The van der Waals surface area contributed by atoms with Crippen molar-refractivity contribution in [3.8, 4) is 5.75 Å². The third-order valence-corrected chi connectivity index (χ3v) is 6.15. The molecule has 3 aromatic rings. The minimum atomic E-state index is -0.113. The number of hydrogen-bond acceptors (Lipinski definition) is 5. The fourth-order valence-corrected chi connectivity index (χ4v) is 4.38. The molecule has 1 saturated heterocycles. The maximum absolute atomic E-state index is 13.5. The first kappa shape index (κ1) is 23.1. The van der Waals surface area contributed by atoms with Crippen molar-refractivity contribution in [3.05, 3.63) is 71.8 Å². The lowest BCUT2D eigenvalue weighted by Crippen LogP contribution is -2.43. The van der Waals surface area contributed by atoms with Gasteiger partial charge in [0.15, 0.2) is 0 Å². The summed E-state index contributed by atoms with van der Waals surface area (Å²) in [5, 5.41) is 5.14. The van der Waals surface area contributed by atoms with Gasteiger partial charge < -0.3 is 19.7 Å². The van der Waals surface area contributed by atoms with Gasteiger partial charge in [0.1, 0.15) is 5.75 Å². The van der Waals surface area contributed by atoms with Gasteiger partial charge in [0.2, 0.25) is 0 Å². The van der Waals surface area contributed by atoms with Crippen molar-refractivity contribution in [2.24, 2.45) is 0 Å². The van der Waals surface area contributed by atoms with E-state index >= 15 is 0 Å². The summed E-state index contributed by atoms with van der Waals surface area (Å²) < 4.78 is 11.4. The summed E-state index contributed by atoms with van der Waals surface area (Å²) in [5.74, 6) is 0.505. The lowest BCUT2D eigenvalue weighted by atomic mass is 10.0. The number of carbonyl (C=O) groups excluding carboxylic acids is 1. The second kappa shape index (κ2) is 10.7. The topological polar surface area (TPSA) is 54.0 Å². The van der Waals surface area contributed by atoms with Gasteiger partial charge in [0, 0.05) is 39.4 Å². The molecule has 6 heteroatoms. The average Bonchev–Trinajstić information content (AvgIpc) is 2.85. The SMILES string of the molecule is CCOc1ccc2ccccc2c1C(=O)NC[C@H](c1ccc(N(C)C)cc1)N1CCOCC1. The van der Waals surface area contributed by atoms with Crippen LogP contribution < -0.4 is 15.0 Å². The molecule has 0 saturated carbocycles. The molecule has 1 amide bonds. The number of morpholine rings is 1. The van der Waals surface area contributed by atoms with Crippen LogP contribution in [0.1, 0.15) is 28.9 Å². The quantitative estimate of drug-likeness (QED) is 0.563. The molecule has 0 unspecified atom stereocenters. The Morgan fingerprint density at radius 2 is 1.79 bits per heavy atom. The molecule has 1 aliphatic rings. The molecule has 6 nitrogen and oxygen atoms in total. The Morgan fingerprint density at radius 3 is 2.48 bits per heavy atom. The molecule has 0 bridgehead atoms. The van der Waals surface area contributed by atoms with E-state index in [-0.39, 0.29) is 11.9 Å². The fraction of sp³-hybridized carbons (Fsp3) is 0.370. The zero-order chi connectivity index (χ0) is 23.2. The number of ether oxygens (including phenoxy) is 2. The van der Waals surface area contributed by atoms with Crippen LogP contribution >= 0.6 is 0 Å². The van der Waals surface area contributed by atoms with Crippen LogP contribution in [-0.2, 0) is 4.74 Å². The first-order valence-electron chi connectivity index (χ1n) is 11.6. The molecule has 4 rings (SSSR count). The predicted octanol–water partition coefficient (Wildman–Crippen LogP) is 4.11. The molecule has 0 aromatic heterocycles. The van der Waals surface area contributed by atoms with E-state index in [4.69, 9.17) is 9.47 Å². The van der Waals surface area contributed by atoms with Crippen molar-refractivity contribution in [3.63, 3.8) is 0 Å². The smallest absolute Gasteiger partial charge is 0.255 e. The summed E-state index contributed by atoms with van der Waals surface area (Å²) in [7, 11) is 4.07. The van der Waals surface area contributed by atoms with Crippen molar-refractivity contribution < 1.29 is 14.3 Å². The first-order valence-corrected chi connectivity index (χ1v) is 11.6. The fourth-order valence-electron chi connectivity index (χ4n) is 4.38. The molecular formula is C27H33N3O3. The molecule has 0 radical (unpaired) electrons. The number of benzene rings is 3. The van der Waals surface area contributed by atoms with Crippen LogP contribution in [-0.4, -0.2) is 64.4 Å². The summed E-state index contributed by atoms with van der Waals surface area (Å²) in [6.45, 7) is 6.05. The Balaban J connectivity index is 1.60. The second-order valence-corrected chi connectivity index (χ2v) is 8.45. The highest BCUT2D eigenvalue weighted by Gasteiger charge is 2.25. The van der Waals surface area contributed by atoms with Gasteiger partial charge in [-0.25, -0.2) is 0 Å². The largest absolute Gasteiger partial charge is 0.493 e. The minimum Gasteiger partial charge on any atom is -0.493 e. The number of fused-ring (bicyclic) bond motifs is 1. The van der Waals surface area contributed by atoms with E-state index in [1.54, 1.807) is 0 Å². The molecule has 33 heavy (non-hydrogen) atoms. The van der Waals surface area contributed by atoms with E-state index in [0.29, 0.717) is 37.7 Å². The molecule has 1 heterocycles. The van der Waals surface area contributed by atoms with Crippen molar-refractivity contribution in [1.29, 1.82) is 0 Å². The van der Waals surface area contributed by atoms with Gasteiger partial charge >= 0.3 is 0 Å².